The topological polar surface area (TPSA) is 3.24 Å². The van der Waals surface area contributed by atoms with Gasteiger partial charge in [-0.05, 0) is 58.9 Å². The molecule has 2 atom stereocenters. The SMILES string of the molecule is CC(C)(C)N1CCCC2CCCCCCC21. The van der Waals surface area contributed by atoms with Crippen LogP contribution in [0.1, 0.15) is 72.1 Å². The molecule has 1 saturated heterocycles. The molecule has 0 radical (unpaired) electrons. The molecular formula is C15H29N. The maximum atomic E-state index is 2.81. The summed E-state index contributed by atoms with van der Waals surface area (Å²) in [7, 11) is 0. The first-order valence-corrected chi connectivity index (χ1v) is 7.36. The molecule has 0 bridgehead atoms. The first kappa shape index (κ1) is 12.4. The van der Waals surface area contributed by atoms with Crippen LogP contribution in [0, 0.1) is 5.92 Å². The summed E-state index contributed by atoms with van der Waals surface area (Å²) < 4.78 is 0. The predicted molar refractivity (Wildman–Crippen MR) is 70.7 cm³/mol. The largest absolute Gasteiger partial charge is 0.295 e. The van der Waals surface area contributed by atoms with Crippen molar-refractivity contribution in [2.24, 2.45) is 5.92 Å². The van der Waals surface area contributed by atoms with Gasteiger partial charge in [-0.25, -0.2) is 0 Å². The second-order valence-electron chi connectivity index (χ2n) is 6.83. The third-order valence-electron chi connectivity index (χ3n) is 4.60. The second-order valence-corrected chi connectivity index (χ2v) is 6.83. The van der Waals surface area contributed by atoms with Gasteiger partial charge in [0.25, 0.3) is 0 Å². The highest BCUT2D eigenvalue weighted by atomic mass is 15.2. The molecule has 1 heteroatoms. The molecular weight excluding hydrogens is 194 g/mol. The van der Waals surface area contributed by atoms with Gasteiger partial charge in [-0.3, -0.25) is 4.90 Å². The van der Waals surface area contributed by atoms with Gasteiger partial charge in [-0.15, -0.1) is 0 Å². The van der Waals surface area contributed by atoms with Crippen LogP contribution in [0.3, 0.4) is 0 Å². The molecule has 1 saturated carbocycles. The number of nitrogens with zero attached hydrogens (tertiary/aromatic N) is 1. The Kier molecular flexibility index (Phi) is 3.94. The zero-order valence-corrected chi connectivity index (χ0v) is 11.5. The monoisotopic (exact) mass is 223 g/mol. The Morgan fingerprint density at radius 2 is 1.44 bits per heavy atom. The van der Waals surface area contributed by atoms with Crippen LogP contribution < -0.4 is 0 Å². The lowest BCUT2D eigenvalue weighted by Gasteiger charge is -2.49. The molecule has 2 aliphatic rings. The van der Waals surface area contributed by atoms with Crippen LogP contribution in [0.2, 0.25) is 0 Å². The Bertz CT molecular complexity index is 216. The fraction of sp³-hybridized carbons (Fsp3) is 1.00. The molecule has 0 spiro atoms. The summed E-state index contributed by atoms with van der Waals surface area (Å²) in [6.45, 7) is 8.53. The van der Waals surface area contributed by atoms with Crippen molar-refractivity contribution in [2.75, 3.05) is 6.54 Å². The number of rotatable bonds is 0. The van der Waals surface area contributed by atoms with Crippen LogP contribution in [0.5, 0.6) is 0 Å². The third kappa shape index (κ3) is 2.80. The maximum absolute atomic E-state index is 2.81. The number of hydrogen-bond donors (Lipinski definition) is 0. The van der Waals surface area contributed by atoms with E-state index in [1.54, 1.807) is 0 Å². The van der Waals surface area contributed by atoms with E-state index in [0.29, 0.717) is 5.54 Å². The number of piperidine rings is 1. The minimum Gasteiger partial charge on any atom is -0.295 e. The molecule has 1 nitrogen and oxygen atoms in total. The maximum Gasteiger partial charge on any atom is 0.0129 e. The summed E-state index contributed by atoms with van der Waals surface area (Å²) in [6, 6.07) is 0.897. The summed E-state index contributed by atoms with van der Waals surface area (Å²) in [6.07, 6.45) is 11.8. The van der Waals surface area contributed by atoms with Gasteiger partial charge < -0.3 is 0 Å². The predicted octanol–water partition coefficient (Wildman–Crippen LogP) is 4.22. The van der Waals surface area contributed by atoms with Crippen molar-refractivity contribution in [2.45, 2.75) is 83.7 Å². The van der Waals surface area contributed by atoms with E-state index < -0.39 is 0 Å². The average molecular weight is 223 g/mol. The van der Waals surface area contributed by atoms with Gasteiger partial charge in [0.2, 0.25) is 0 Å². The van der Waals surface area contributed by atoms with E-state index >= 15 is 0 Å². The molecule has 0 aromatic carbocycles. The minimum absolute atomic E-state index is 0.378. The van der Waals surface area contributed by atoms with Crippen LogP contribution in [0.25, 0.3) is 0 Å². The molecule has 94 valence electrons. The fourth-order valence-electron chi connectivity index (χ4n) is 3.81. The van der Waals surface area contributed by atoms with Crippen molar-refractivity contribution in [3.05, 3.63) is 0 Å². The number of likely N-dealkylation sites (tertiary alicyclic amines) is 1. The molecule has 0 N–H and O–H groups in total. The van der Waals surface area contributed by atoms with Crippen LogP contribution in [0.4, 0.5) is 0 Å². The van der Waals surface area contributed by atoms with Crippen LogP contribution in [-0.2, 0) is 0 Å². The first-order valence-electron chi connectivity index (χ1n) is 7.36. The lowest BCUT2D eigenvalue weighted by Crippen LogP contribution is -2.54. The molecule has 0 aromatic heterocycles. The van der Waals surface area contributed by atoms with Gasteiger partial charge in [0.1, 0.15) is 0 Å². The first-order chi connectivity index (χ1) is 7.59. The zero-order chi connectivity index (χ0) is 11.6. The van der Waals surface area contributed by atoms with Crippen molar-refractivity contribution in [1.29, 1.82) is 0 Å². The zero-order valence-electron chi connectivity index (χ0n) is 11.5. The Morgan fingerprint density at radius 1 is 0.812 bits per heavy atom. The van der Waals surface area contributed by atoms with E-state index in [-0.39, 0.29) is 0 Å². The third-order valence-corrected chi connectivity index (χ3v) is 4.60. The van der Waals surface area contributed by atoms with Gasteiger partial charge in [-0.1, -0.05) is 25.7 Å². The summed E-state index contributed by atoms with van der Waals surface area (Å²) in [5, 5.41) is 0. The lowest BCUT2D eigenvalue weighted by molar-refractivity contribution is 0.00362. The molecule has 2 unspecified atom stereocenters. The highest BCUT2D eigenvalue weighted by Crippen LogP contribution is 2.36. The molecule has 0 aromatic rings. The Balaban J connectivity index is 2.08. The average Bonchev–Trinajstić information content (AvgIpc) is 2.16. The molecule has 0 amide bonds. The van der Waals surface area contributed by atoms with E-state index in [2.05, 4.69) is 25.7 Å². The van der Waals surface area contributed by atoms with Gasteiger partial charge >= 0.3 is 0 Å². The van der Waals surface area contributed by atoms with Crippen molar-refractivity contribution in [3.8, 4) is 0 Å². The van der Waals surface area contributed by atoms with Gasteiger partial charge in [0, 0.05) is 11.6 Å². The summed E-state index contributed by atoms with van der Waals surface area (Å²) in [4.78, 5) is 2.81. The van der Waals surface area contributed by atoms with Crippen molar-refractivity contribution >= 4 is 0 Å². The summed E-state index contributed by atoms with van der Waals surface area (Å²) in [5.41, 5.74) is 0.378. The smallest absolute Gasteiger partial charge is 0.0129 e. The Hall–Kier alpha value is -0.0400. The highest BCUT2D eigenvalue weighted by Gasteiger charge is 2.36. The van der Waals surface area contributed by atoms with Crippen molar-refractivity contribution < 1.29 is 0 Å². The minimum atomic E-state index is 0.378. The van der Waals surface area contributed by atoms with Crippen molar-refractivity contribution in [3.63, 3.8) is 0 Å². The normalized spacial score (nSPS) is 33.9. The molecule has 16 heavy (non-hydrogen) atoms. The molecule has 1 aliphatic heterocycles. The summed E-state index contributed by atoms with van der Waals surface area (Å²) in [5.74, 6) is 1.01. The molecule has 2 rings (SSSR count). The van der Waals surface area contributed by atoms with E-state index in [1.807, 2.05) is 0 Å². The van der Waals surface area contributed by atoms with Gasteiger partial charge in [-0.2, -0.15) is 0 Å². The van der Waals surface area contributed by atoms with Crippen molar-refractivity contribution in [1.82, 2.24) is 4.90 Å². The molecule has 1 aliphatic carbocycles. The Labute approximate surface area is 102 Å². The van der Waals surface area contributed by atoms with Crippen LogP contribution in [0.15, 0.2) is 0 Å². The van der Waals surface area contributed by atoms with E-state index in [9.17, 15) is 0 Å². The second kappa shape index (κ2) is 5.08. The van der Waals surface area contributed by atoms with E-state index in [1.165, 1.54) is 57.9 Å². The standard InChI is InChI=1S/C15H29N/c1-15(2,3)16-12-8-10-13-9-6-4-5-7-11-14(13)16/h13-14H,4-12H2,1-3H3. The quantitative estimate of drug-likeness (QED) is 0.594. The number of fused-ring (bicyclic) bond motifs is 1. The fourth-order valence-corrected chi connectivity index (χ4v) is 3.81. The number of hydrogen-bond acceptors (Lipinski definition) is 1. The lowest BCUT2D eigenvalue weighted by atomic mass is 9.78. The summed E-state index contributed by atoms with van der Waals surface area (Å²) >= 11 is 0. The Morgan fingerprint density at radius 3 is 2.12 bits per heavy atom. The van der Waals surface area contributed by atoms with Crippen LogP contribution in [-0.4, -0.2) is 23.0 Å². The highest BCUT2D eigenvalue weighted by molar-refractivity contribution is 4.91. The van der Waals surface area contributed by atoms with E-state index in [4.69, 9.17) is 0 Å². The van der Waals surface area contributed by atoms with Crippen LogP contribution >= 0.6 is 0 Å². The molecule has 1 heterocycles. The van der Waals surface area contributed by atoms with Gasteiger partial charge in [0.05, 0.1) is 0 Å². The van der Waals surface area contributed by atoms with Gasteiger partial charge in [0.15, 0.2) is 0 Å². The molecule has 2 fully saturated rings. The van der Waals surface area contributed by atoms with E-state index in [0.717, 1.165) is 12.0 Å².